The fourth-order valence-electron chi connectivity index (χ4n) is 4.82. The molecule has 2 aromatic heterocycles. The summed E-state index contributed by atoms with van der Waals surface area (Å²) in [6, 6.07) is 14.4. The molecule has 2 aromatic carbocycles. The van der Waals surface area contributed by atoms with Gasteiger partial charge in [-0.15, -0.1) is 5.56 Å². The topological polar surface area (TPSA) is 47.8 Å². The summed E-state index contributed by atoms with van der Waals surface area (Å²) in [5.74, 6) is 0.507. The zero-order valence-electron chi connectivity index (χ0n) is 17.2. The molecule has 0 amide bonds. The van der Waals surface area contributed by atoms with Crippen LogP contribution in [0.25, 0.3) is 21.7 Å². The van der Waals surface area contributed by atoms with Gasteiger partial charge in [-0.1, -0.05) is 56.4 Å². The zero-order chi connectivity index (χ0) is 19.8. The van der Waals surface area contributed by atoms with Gasteiger partial charge in [-0.05, 0) is 42.2 Å². The maximum absolute atomic E-state index is 13.5. The minimum atomic E-state index is 0. The number of benzene rings is 2. The van der Waals surface area contributed by atoms with Crippen molar-refractivity contribution < 1.29 is 32.7 Å². The molecule has 2 atom stereocenters. The van der Waals surface area contributed by atoms with Crippen LogP contribution in [0.1, 0.15) is 49.8 Å². The normalized spacial score (nSPS) is 19.0. The van der Waals surface area contributed by atoms with Gasteiger partial charge in [0.1, 0.15) is 0 Å². The first kappa shape index (κ1) is 21.3. The van der Waals surface area contributed by atoms with Crippen LogP contribution in [-0.2, 0) is 39.1 Å². The van der Waals surface area contributed by atoms with Crippen molar-refractivity contribution in [3.8, 4) is 0 Å². The standard InChI is InChI=1S/C25H24N3O.Y/c1-17-7-2-5-11-23(17)28-16-27-24-21-10-4-3-9-20(21)19(14-22(24)25(28)29)13-18-8-6-12-26-15-18;/h3-4,6,8-10,14-17,23H,2,5,7,11,13H2,1H3;/q-1;/t17-,23-;/m0./s1. The van der Waals surface area contributed by atoms with Crippen LogP contribution in [0.5, 0.6) is 0 Å². The van der Waals surface area contributed by atoms with Gasteiger partial charge in [0, 0.05) is 44.1 Å². The molecular weight excluding hydrogens is 447 g/mol. The van der Waals surface area contributed by atoms with E-state index >= 15 is 0 Å². The molecule has 1 saturated carbocycles. The summed E-state index contributed by atoms with van der Waals surface area (Å²) < 4.78 is 1.89. The van der Waals surface area contributed by atoms with Crippen molar-refractivity contribution in [1.82, 2.24) is 14.5 Å². The SMILES string of the molecule is C[C@H]1CCCC[C@@H]1n1cnc2c(cc(Cc3cc[c-]nc3)c3ccccc32)c1=O.[Y]. The second-order valence-corrected chi connectivity index (χ2v) is 8.24. The zero-order valence-corrected chi connectivity index (χ0v) is 20.1. The molecule has 0 unspecified atom stereocenters. The molecule has 1 aliphatic rings. The van der Waals surface area contributed by atoms with Gasteiger partial charge in [0.05, 0.1) is 17.2 Å². The van der Waals surface area contributed by atoms with Crippen LogP contribution < -0.4 is 5.56 Å². The number of nitrogens with zero attached hydrogens (tertiary/aromatic N) is 3. The van der Waals surface area contributed by atoms with Crippen molar-refractivity contribution in [2.24, 2.45) is 5.92 Å². The molecule has 4 nitrogen and oxygen atoms in total. The molecule has 1 aliphatic carbocycles. The molecule has 1 radical (unpaired) electrons. The Kier molecular flexibility index (Phi) is 6.45. The van der Waals surface area contributed by atoms with Crippen LogP contribution >= 0.6 is 0 Å². The smallest absolute Gasteiger partial charge is 0.261 e. The van der Waals surface area contributed by atoms with Crippen molar-refractivity contribution in [2.75, 3.05) is 0 Å². The molecule has 0 N–H and O–H groups in total. The maximum atomic E-state index is 13.5. The average Bonchev–Trinajstić information content (AvgIpc) is 2.76. The molecule has 4 aromatic rings. The van der Waals surface area contributed by atoms with E-state index in [0.29, 0.717) is 5.92 Å². The molecule has 0 spiro atoms. The molecule has 1 fully saturated rings. The molecular formula is C25H24N3OY-. The number of hydrogen-bond donors (Lipinski definition) is 0. The van der Waals surface area contributed by atoms with E-state index in [-0.39, 0.29) is 44.3 Å². The van der Waals surface area contributed by atoms with E-state index in [1.165, 1.54) is 19.3 Å². The van der Waals surface area contributed by atoms with Crippen LogP contribution in [-0.4, -0.2) is 14.5 Å². The maximum Gasteiger partial charge on any atom is 0.261 e. The van der Waals surface area contributed by atoms with Crippen molar-refractivity contribution >= 4 is 21.7 Å². The summed E-state index contributed by atoms with van der Waals surface area (Å²) in [5.41, 5.74) is 3.13. The first-order valence-corrected chi connectivity index (χ1v) is 10.4. The summed E-state index contributed by atoms with van der Waals surface area (Å²) in [7, 11) is 0. The Bertz CT molecular complexity index is 1240. The molecule has 0 saturated heterocycles. The first-order valence-electron chi connectivity index (χ1n) is 10.4. The predicted octanol–water partition coefficient (Wildman–Crippen LogP) is 5.08. The molecule has 2 heterocycles. The third kappa shape index (κ3) is 3.88. The van der Waals surface area contributed by atoms with Gasteiger partial charge < -0.3 is 4.98 Å². The Hall–Kier alpha value is -1.91. The van der Waals surface area contributed by atoms with E-state index in [4.69, 9.17) is 4.98 Å². The van der Waals surface area contributed by atoms with Crippen molar-refractivity contribution in [3.05, 3.63) is 82.7 Å². The molecule has 5 rings (SSSR count). The quantitative estimate of drug-likeness (QED) is 0.309. The minimum Gasteiger partial charge on any atom is -0.394 e. The number of pyridine rings is 1. The second-order valence-electron chi connectivity index (χ2n) is 8.24. The Morgan fingerprint density at radius 2 is 1.90 bits per heavy atom. The van der Waals surface area contributed by atoms with E-state index in [0.717, 1.165) is 45.6 Å². The summed E-state index contributed by atoms with van der Waals surface area (Å²) >= 11 is 0. The Morgan fingerprint density at radius 1 is 1.10 bits per heavy atom. The monoisotopic (exact) mass is 471 g/mol. The van der Waals surface area contributed by atoms with Gasteiger partial charge in [-0.2, -0.15) is 12.1 Å². The van der Waals surface area contributed by atoms with Crippen LogP contribution in [0.4, 0.5) is 0 Å². The Balaban J connectivity index is 0.00000218. The molecule has 149 valence electrons. The Morgan fingerprint density at radius 3 is 2.67 bits per heavy atom. The van der Waals surface area contributed by atoms with Gasteiger partial charge in [0.25, 0.3) is 5.56 Å². The van der Waals surface area contributed by atoms with Crippen molar-refractivity contribution in [3.63, 3.8) is 0 Å². The summed E-state index contributed by atoms with van der Waals surface area (Å²) in [6.07, 6.45) is 11.8. The number of rotatable bonds is 3. The predicted molar refractivity (Wildman–Crippen MR) is 116 cm³/mol. The van der Waals surface area contributed by atoms with Crippen LogP contribution in [0, 0.1) is 12.1 Å². The van der Waals surface area contributed by atoms with E-state index in [1.54, 1.807) is 6.33 Å². The number of aromatic nitrogens is 3. The van der Waals surface area contributed by atoms with Crippen LogP contribution in [0.3, 0.4) is 0 Å². The third-order valence-electron chi connectivity index (χ3n) is 6.37. The number of fused-ring (bicyclic) bond motifs is 3. The van der Waals surface area contributed by atoms with Crippen LogP contribution in [0.15, 0.2) is 59.8 Å². The van der Waals surface area contributed by atoms with Gasteiger partial charge in [-0.3, -0.25) is 9.36 Å². The number of hydrogen-bond acceptors (Lipinski definition) is 3. The van der Waals surface area contributed by atoms with Crippen molar-refractivity contribution in [1.29, 1.82) is 0 Å². The molecule has 0 bridgehead atoms. The van der Waals surface area contributed by atoms with Gasteiger partial charge in [0.2, 0.25) is 0 Å². The first-order chi connectivity index (χ1) is 14.2. The largest absolute Gasteiger partial charge is 0.394 e. The summed E-state index contributed by atoms with van der Waals surface area (Å²) in [4.78, 5) is 22.4. The fourth-order valence-corrected chi connectivity index (χ4v) is 4.82. The van der Waals surface area contributed by atoms with Crippen LogP contribution in [0.2, 0.25) is 0 Å². The van der Waals surface area contributed by atoms with Crippen molar-refractivity contribution in [2.45, 2.75) is 45.1 Å². The second kappa shape index (κ2) is 9.07. The summed E-state index contributed by atoms with van der Waals surface area (Å²) in [6.45, 7) is 2.26. The van der Waals surface area contributed by atoms with E-state index in [1.807, 2.05) is 41.1 Å². The Labute approximate surface area is 201 Å². The van der Waals surface area contributed by atoms with E-state index in [9.17, 15) is 4.79 Å². The molecule has 30 heavy (non-hydrogen) atoms. The van der Waals surface area contributed by atoms with Gasteiger partial charge in [0.15, 0.2) is 0 Å². The minimum absolute atomic E-state index is 0. The van der Waals surface area contributed by atoms with E-state index in [2.05, 4.69) is 30.2 Å². The van der Waals surface area contributed by atoms with Gasteiger partial charge >= 0.3 is 0 Å². The average molecular weight is 471 g/mol. The van der Waals surface area contributed by atoms with Gasteiger partial charge in [-0.25, -0.2) is 4.98 Å². The molecule has 5 heteroatoms. The van der Waals surface area contributed by atoms with E-state index < -0.39 is 0 Å². The fraction of sp³-hybridized carbons (Fsp3) is 0.320. The molecule has 0 aliphatic heterocycles. The third-order valence-corrected chi connectivity index (χ3v) is 6.37. The summed E-state index contributed by atoms with van der Waals surface area (Å²) in [5, 5.41) is 2.90.